The minimum absolute atomic E-state index is 0.265. The van der Waals surface area contributed by atoms with Gasteiger partial charge in [0.15, 0.2) is 0 Å². The van der Waals surface area contributed by atoms with Gasteiger partial charge in [-0.3, -0.25) is 9.59 Å². The standard InChI is InChI=1S/C14H27N3O2/c1-14(2,3)11-5-4-9-17(10-6-11)13(19)12(18)16-8-7-15/h11H,4-10,15H2,1-3H3,(H,16,18). The molecule has 110 valence electrons. The summed E-state index contributed by atoms with van der Waals surface area (Å²) in [5.74, 6) is -0.333. The maximum atomic E-state index is 12.0. The van der Waals surface area contributed by atoms with Gasteiger partial charge in [0.25, 0.3) is 0 Å². The van der Waals surface area contributed by atoms with Crippen LogP contribution in [0.25, 0.3) is 0 Å². The van der Waals surface area contributed by atoms with Crippen LogP contribution in [0.15, 0.2) is 0 Å². The summed E-state index contributed by atoms with van der Waals surface area (Å²) in [7, 11) is 0. The summed E-state index contributed by atoms with van der Waals surface area (Å²) < 4.78 is 0. The number of amides is 2. The van der Waals surface area contributed by atoms with Gasteiger partial charge >= 0.3 is 11.8 Å². The molecule has 1 unspecified atom stereocenters. The maximum Gasteiger partial charge on any atom is 0.311 e. The van der Waals surface area contributed by atoms with E-state index in [9.17, 15) is 9.59 Å². The van der Waals surface area contributed by atoms with Crippen molar-refractivity contribution in [1.29, 1.82) is 0 Å². The molecular weight excluding hydrogens is 242 g/mol. The number of hydrogen-bond acceptors (Lipinski definition) is 3. The fourth-order valence-corrected chi connectivity index (χ4v) is 2.57. The highest BCUT2D eigenvalue weighted by molar-refractivity contribution is 6.35. The number of nitrogens with two attached hydrogens (primary N) is 1. The van der Waals surface area contributed by atoms with Crippen LogP contribution in [0.3, 0.4) is 0 Å². The van der Waals surface area contributed by atoms with Crippen molar-refractivity contribution in [3.8, 4) is 0 Å². The molecule has 1 atom stereocenters. The van der Waals surface area contributed by atoms with E-state index in [1.54, 1.807) is 4.90 Å². The van der Waals surface area contributed by atoms with Gasteiger partial charge in [0.1, 0.15) is 0 Å². The molecule has 2 amide bonds. The highest BCUT2D eigenvalue weighted by Crippen LogP contribution is 2.34. The average Bonchev–Trinajstić information content (AvgIpc) is 2.60. The predicted molar refractivity (Wildman–Crippen MR) is 75.4 cm³/mol. The number of hydrogen-bond donors (Lipinski definition) is 2. The molecule has 1 heterocycles. The van der Waals surface area contributed by atoms with E-state index in [0.717, 1.165) is 19.3 Å². The molecule has 0 radical (unpaired) electrons. The zero-order chi connectivity index (χ0) is 14.5. The molecule has 1 aliphatic heterocycles. The zero-order valence-corrected chi connectivity index (χ0v) is 12.4. The highest BCUT2D eigenvalue weighted by Gasteiger charge is 2.30. The molecule has 0 aromatic rings. The van der Waals surface area contributed by atoms with Crippen molar-refractivity contribution in [1.82, 2.24) is 10.2 Å². The van der Waals surface area contributed by atoms with Crippen LogP contribution in [0.2, 0.25) is 0 Å². The Balaban J connectivity index is 2.52. The van der Waals surface area contributed by atoms with Gasteiger partial charge < -0.3 is 16.0 Å². The Morgan fingerprint density at radius 2 is 1.95 bits per heavy atom. The van der Waals surface area contributed by atoms with Crippen molar-refractivity contribution in [2.75, 3.05) is 26.2 Å². The van der Waals surface area contributed by atoms with E-state index in [1.807, 2.05) is 0 Å². The van der Waals surface area contributed by atoms with E-state index in [4.69, 9.17) is 5.73 Å². The van der Waals surface area contributed by atoms with Crippen LogP contribution in [0, 0.1) is 11.3 Å². The fraction of sp³-hybridized carbons (Fsp3) is 0.857. The molecule has 1 rings (SSSR count). The zero-order valence-electron chi connectivity index (χ0n) is 12.4. The first-order chi connectivity index (χ1) is 8.86. The van der Waals surface area contributed by atoms with Crippen LogP contribution in [0.4, 0.5) is 0 Å². The Bertz CT molecular complexity index is 323. The third kappa shape index (κ3) is 4.82. The van der Waals surface area contributed by atoms with E-state index < -0.39 is 11.8 Å². The fourth-order valence-electron chi connectivity index (χ4n) is 2.57. The van der Waals surface area contributed by atoms with Crippen LogP contribution < -0.4 is 11.1 Å². The first-order valence-electron chi connectivity index (χ1n) is 7.13. The quantitative estimate of drug-likeness (QED) is 0.726. The lowest BCUT2D eigenvalue weighted by Gasteiger charge is -2.29. The third-order valence-corrected chi connectivity index (χ3v) is 3.86. The van der Waals surface area contributed by atoms with Crippen molar-refractivity contribution < 1.29 is 9.59 Å². The first kappa shape index (κ1) is 16.0. The second-order valence-electron chi connectivity index (χ2n) is 6.33. The lowest BCUT2D eigenvalue weighted by Crippen LogP contribution is -2.44. The molecule has 0 aliphatic carbocycles. The minimum atomic E-state index is -0.528. The highest BCUT2D eigenvalue weighted by atomic mass is 16.2. The molecule has 1 aliphatic rings. The van der Waals surface area contributed by atoms with Crippen molar-refractivity contribution in [3.63, 3.8) is 0 Å². The van der Waals surface area contributed by atoms with Crippen LogP contribution in [0.1, 0.15) is 40.0 Å². The summed E-state index contributed by atoms with van der Waals surface area (Å²) >= 11 is 0. The predicted octanol–water partition coefficient (Wildman–Crippen LogP) is 0.736. The molecule has 1 saturated heterocycles. The van der Waals surface area contributed by atoms with Gasteiger partial charge in [-0.15, -0.1) is 0 Å². The summed E-state index contributed by atoms with van der Waals surface area (Å²) in [5.41, 5.74) is 5.57. The van der Waals surface area contributed by atoms with E-state index in [0.29, 0.717) is 32.1 Å². The van der Waals surface area contributed by atoms with Crippen LogP contribution in [0.5, 0.6) is 0 Å². The average molecular weight is 269 g/mol. The second kappa shape index (κ2) is 6.89. The molecule has 0 aromatic heterocycles. The van der Waals surface area contributed by atoms with Gasteiger partial charge in [-0.25, -0.2) is 0 Å². The summed E-state index contributed by atoms with van der Waals surface area (Å²) in [6.07, 6.45) is 3.06. The lowest BCUT2D eigenvalue weighted by molar-refractivity contribution is -0.145. The molecule has 0 spiro atoms. The summed E-state index contributed by atoms with van der Waals surface area (Å²) in [6.45, 7) is 8.78. The summed E-state index contributed by atoms with van der Waals surface area (Å²) in [4.78, 5) is 25.3. The first-order valence-corrected chi connectivity index (χ1v) is 7.13. The van der Waals surface area contributed by atoms with Crippen molar-refractivity contribution in [2.24, 2.45) is 17.1 Å². The summed E-state index contributed by atoms with van der Waals surface area (Å²) in [5, 5.41) is 2.54. The largest absolute Gasteiger partial charge is 0.347 e. The Morgan fingerprint density at radius 1 is 1.26 bits per heavy atom. The SMILES string of the molecule is CC(C)(C)C1CCCN(C(=O)C(=O)NCCN)CC1. The topological polar surface area (TPSA) is 75.4 Å². The van der Waals surface area contributed by atoms with E-state index in [2.05, 4.69) is 26.1 Å². The third-order valence-electron chi connectivity index (χ3n) is 3.86. The maximum absolute atomic E-state index is 12.0. The molecule has 5 nitrogen and oxygen atoms in total. The number of carbonyl (C=O) groups excluding carboxylic acids is 2. The lowest BCUT2D eigenvalue weighted by atomic mass is 9.77. The van der Waals surface area contributed by atoms with Crippen LogP contribution in [-0.2, 0) is 9.59 Å². The smallest absolute Gasteiger partial charge is 0.311 e. The number of nitrogens with zero attached hydrogens (tertiary/aromatic N) is 1. The summed E-state index contributed by atoms with van der Waals surface area (Å²) in [6, 6.07) is 0. The monoisotopic (exact) mass is 269 g/mol. The minimum Gasteiger partial charge on any atom is -0.347 e. The molecular formula is C14H27N3O2. The molecule has 5 heteroatoms. The number of nitrogens with one attached hydrogen (secondary N) is 1. The number of likely N-dealkylation sites (tertiary alicyclic amines) is 1. The Kier molecular flexibility index (Phi) is 5.79. The van der Waals surface area contributed by atoms with E-state index in [1.165, 1.54) is 0 Å². The van der Waals surface area contributed by atoms with Gasteiger partial charge in [0.05, 0.1) is 0 Å². The number of carbonyl (C=O) groups is 2. The Labute approximate surface area is 115 Å². The molecule has 19 heavy (non-hydrogen) atoms. The van der Waals surface area contributed by atoms with E-state index in [-0.39, 0.29) is 5.41 Å². The van der Waals surface area contributed by atoms with Gasteiger partial charge in [-0.1, -0.05) is 20.8 Å². The normalized spacial score (nSPS) is 20.8. The Hall–Kier alpha value is -1.10. The molecule has 0 bridgehead atoms. The van der Waals surface area contributed by atoms with Gasteiger partial charge in [-0.05, 0) is 30.6 Å². The van der Waals surface area contributed by atoms with Gasteiger partial charge in [0.2, 0.25) is 0 Å². The van der Waals surface area contributed by atoms with Gasteiger partial charge in [-0.2, -0.15) is 0 Å². The van der Waals surface area contributed by atoms with Gasteiger partial charge in [0, 0.05) is 26.2 Å². The molecule has 0 aromatic carbocycles. The Morgan fingerprint density at radius 3 is 2.53 bits per heavy atom. The van der Waals surface area contributed by atoms with Crippen LogP contribution in [-0.4, -0.2) is 42.9 Å². The second-order valence-corrected chi connectivity index (χ2v) is 6.33. The van der Waals surface area contributed by atoms with Crippen molar-refractivity contribution >= 4 is 11.8 Å². The molecule has 1 fully saturated rings. The van der Waals surface area contributed by atoms with Crippen molar-refractivity contribution in [3.05, 3.63) is 0 Å². The number of rotatable bonds is 2. The molecule has 3 N–H and O–H groups in total. The van der Waals surface area contributed by atoms with Crippen molar-refractivity contribution in [2.45, 2.75) is 40.0 Å². The van der Waals surface area contributed by atoms with Crippen LogP contribution >= 0.6 is 0 Å². The van der Waals surface area contributed by atoms with E-state index >= 15 is 0 Å². The molecule has 0 saturated carbocycles.